The number of hydrogen-bond acceptors (Lipinski definition) is 3. The van der Waals surface area contributed by atoms with Crippen LogP contribution in [0.4, 0.5) is 11.4 Å². The van der Waals surface area contributed by atoms with Gasteiger partial charge in [0.05, 0.1) is 17.0 Å². The van der Waals surface area contributed by atoms with Gasteiger partial charge in [0.25, 0.3) is 5.91 Å². The van der Waals surface area contributed by atoms with Gasteiger partial charge in [-0.1, -0.05) is 29.3 Å². The van der Waals surface area contributed by atoms with E-state index in [9.17, 15) is 13.2 Å². The highest BCUT2D eigenvalue weighted by atomic mass is 35.5. The molecule has 0 aliphatic carbocycles. The molecule has 0 heterocycles. The van der Waals surface area contributed by atoms with Crippen LogP contribution < -0.4 is 10.0 Å². The largest absolute Gasteiger partial charge is 0.322 e. The lowest BCUT2D eigenvalue weighted by Gasteiger charge is -2.11. The Bertz CT molecular complexity index is 867. The highest BCUT2D eigenvalue weighted by Crippen LogP contribution is 2.26. The highest BCUT2D eigenvalue weighted by molar-refractivity contribution is 7.92. The van der Waals surface area contributed by atoms with Crippen molar-refractivity contribution >= 4 is 50.5 Å². The zero-order chi connectivity index (χ0) is 17.2. The topological polar surface area (TPSA) is 75.3 Å². The first-order chi connectivity index (χ1) is 10.7. The van der Waals surface area contributed by atoms with Crippen LogP contribution in [0.3, 0.4) is 0 Å². The Balaban J connectivity index is 2.29. The molecule has 2 aromatic rings. The second-order valence-corrected chi connectivity index (χ2v) is 7.50. The van der Waals surface area contributed by atoms with Gasteiger partial charge in [-0.3, -0.25) is 9.52 Å². The Morgan fingerprint density at radius 3 is 2.39 bits per heavy atom. The van der Waals surface area contributed by atoms with E-state index in [4.69, 9.17) is 23.2 Å². The minimum Gasteiger partial charge on any atom is -0.322 e. The summed E-state index contributed by atoms with van der Waals surface area (Å²) in [6, 6.07) is 9.51. The number of carbonyl (C=O) groups excluding carboxylic acids is 1. The van der Waals surface area contributed by atoms with E-state index in [2.05, 4.69) is 10.0 Å². The Morgan fingerprint density at radius 1 is 1.04 bits per heavy atom. The molecular formula is C15H14Cl2N2O3S. The van der Waals surface area contributed by atoms with Crippen molar-refractivity contribution in [1.82, 2.24) is 0 Å². The molecule has 0 aromatic heterocycles. The van der Waals surface area contributed by atoms with Gasteiger partial charge in [0.15, 0.2) is 0 Å². The van der Waals surface area contributed by atoms with Crippen LogP contribution in [0, 0.1) is 6.92 Å². The van der Waals surface area contributed by atoms with Gasteiger partial charge in [-0.25, -0.2) is 8.42 Å². The van der Waals surface area contributed by atoms with Crippen LogP contribution in [0.2, 0.25) is 10.0 Å². The van der Waals surface area contributed by atoms with Gasteiger partial charge >= 0.3 is 0 Å². The summed E-state index contributed by atoms with van der Waals surface area (Å²) in [6.45, 7) is 1.79. The lowest BCUT2D eigenvalue weighted by molar-refractivity contribution is 0.102. The van der Waals surface area contributed by atoms with E-state index in [0.717, 1.165) is 11.8 Å². The summed E-state index contributed by atoms with van der Waals surface area (Å²) in [4.78, 5) is 12.3. The van der Waals surface area contributed by atoms with Gasteiger partial charge in [-0.2, -0.15) is 0 Å². The SMILES string of the molecule is Cc1c(Cl)cccc1NC(=O)c1ccc(Cl)c(NS(C)(=O)=O)c1. The number of benzene rings is 2. The summed E-state index contributed by atoms with van der Waals surface area (Å²) >= 11 is 12.0. The molecule has 0 fully saturated rings. The summed E-state index contributed by atoms with van der Waals surface area (Å²) in [7, 11) is -3.50. The number of carbonyl (C=O) groups is 1. The number of hydrogen-bond donors (Lipinski definition) is 2. The van der Waals surface area contributed by atoms with Crippen LogP contribution in [0.5, 0.6) is 0 Å². The van der Waals surface area contributed by atoms with E-state index in [0.29, 0.717) is 10.7 Å². The third kappa shape index (κ3) is 4.60. The molecule has 5 nitrogen and oxygen atoms in total. The maximum absolute atomic E-state index is 12.3. The van der Waals surface area contributed by atoms with Crippen LogP contribution in [0.1, 0.15) is 15.9 Å². The van der Waals surface area contributed by atoms with Crippen LogP contribution in [0.25, 0.3) is 0 Å². The molecule has 122 valence electrons. The van der Waals surface area contributed by atoms with Crippen molar-refractivity contribution in [2.45, 2.75) is 6.92 Å². The summed E-state index contributed by atoms with van der Waals surface area (Å²) in [5.74, 6) is -0.399. The van der Waals surface area contributed by atoms with Crippen LogP contribution in [-0.4, -0.2) is 20.6 Å². The summed E-state index contributed by atoms with van der Waals surface area (Å²) in [5, 5.41) is 3.47. The van der Waals surface area contributed by atoms with Gasteiger partial charge in [0, 0.05) is 16.3 Å². The maximum Gasteiger partial charge on any atom is 0.255 e. The molecule has 2 aromatic carbocycles. The lowest BCUT2D eigenvalue weighted by Crippen LogP contribution is -2.14. The zero-order valence-electron chi connectivity index (χ0n) is 12.4. The molecule has 0 saturated carbocycles. The van der Waals surface area contributed by atoms with Crippen LogP contribution in [-0.2, 0) is 10.0 Å². The smallest absolute Gasteiger partial charge is 0.255 e. The summed E-state index contributed by atoms with van der Waals surface area (Å²) in [5.41, 5.74) is 1.73. The minimum atomic E-state index is -3.50. The first kappa shape index (κ1) is 17.6. The summed E-state index contributed by atoms with van der Waals surface area (Å²) < 4.78 is 24.9. The maximum atomic E-state index is 12.3. The molecule has 1 amide bonds. The fourth-order valence-corrected chi connectivity index (χ4v) is 2.85. The molecule has 0 radical (unpaired) electrons. The molecule has 0 spiro atoms. The van der Waals surface area contributed by atoms with Gasteiger partial charge in [-0.15, -0.1) is 0 Å². The van der Waals surface area contributed by atoms with Gasteiger partial charge in [0.2, 0.25) is 10.0 Å². The van der Waals surface area contributed by atoms with E-state index >= 15 is 0 Å². The van der Waals surface area contributed by atoms with E-state index in [-0.39, 0.29) is 16.3 Å². The molecule has 0 aliphatic heterocycles. The number of rotatable bonds is 4. The molecule has 2 N–H and O–H groups in total. The average Bonchev–Trinajstić information content (AvgIpc) is 2.44. The Kier molecular flexibility index (Phi) is 5.19. The molecule has 8 heteroatoms. The third-order valence-corrected chi connectivity index (χ3v) is 4.37. The van der Waals surface area contributed by atoms with E-state index in [1.54, 1.807) is 25.1 Å². The van der Waals surface area contributed by atoms with Crippen LogP contribution >= 0.6 is 23.2 Å². The molecule has 0 bridgehead atoms. The number of anilines is 2. The predicted octanol–water partition coefficient (Wildman–Crippen LogP) is 3.93. The van der Waals surface area contributed by atoms with Crippen molar-refractivity contribution in [3.8, 4) is 0 Å². The molecule has 0 unspecified atom stereocenters. The number of sulfonamides is 1. The minimum absolute atomic E-state index is 0.143. The Hall–Kier alpha value is -1.76. The fraction of sp³-hybridized carbons (Fsp3) is 0.133. The Morgan fingerprint density at radius 2 is 1.74 bits per heavy atom. The Labute approximate surface area is 144 Å². The monoisotopic (exact) mass is 372 g/mol. The molecule has 23 heavy (non-hydrogen) atoms. The van der Waals surface area contributed by atoms with Crippen molar-refractivity contribution in [3.05, 3.63) is 57.6 Å². The third-order valence-electron chi connectivity index (χ3n) is 3.04. The predicted molar refractivity (Wildman–Crippen MR) is 94.1 cm³/mol. The second-order valence-electron chi connectivity index (χ2n) is 4.94. The quantitative estimate of drug-likeness (QED) is 0.853. The van der Waals surface area contributed by atoms with Crippen molar-refractivity contribution in [2.24, 2.45) is 0 Å². The second kappa shape index (κ2) is 6.78. The summed E-state index contributed by atoms with van der Waals surface area (Å²) in [6.07, 6.45) is 1.01. The van der Waals surface area contributed by atoms with Crippen molar-refractivity contribution < 1.29 is 13.2 Å². The van der Waals surface area contributed by atoms with Gasteiger partial charge < -0.3 is 5.32 Å². The normalized spacial score (nSPS) is 11.1. The van der Waals surface area contributed by atoms with Gasteiger partial charge in [0.1, 0.15) is 0 Å². The number of amides is 1. The molecule has 0 saturated heterocycles. The van der Waals surface area contributed by atoms with Crippen molar-refractivity contribution in [3.63, 3.8) is 0 Å². The zero-order valence-corrected chi connectivity index (χ0v) is 14.7. The molecule has 2 rings (SSSR count). The lowest BCUT2D eigenvalue weighted by atomic mass is 10.1. The van der Waals surface area contributed by atoms with E-state index < -0.39 is 15.9 Å². The van der Waals surface area contributed by atoms with Crippen molar-refractivity contribution in [2.75, 3.05) is 16.3 Å². The fourth-order valence-electron chi connectivity index (χ4n) is 1.88. The highest BCUT2D eigenvalue weighted by Gasteiger charge is 2.13. The first-order valence-electron chi connectivity index (χ1n) is 6.51. The molecule has 0 atom stereocenters. The number of nitrogens with one attached hydrogen (secondary N) is 2. The van der Waals surface area contributed by atoms with E-state index in [1.165, 1.54) is 18.2 Å². The first-order valence-corrected chi connectivity index (χ1v) is 9.16. The van der Waals surface area contributed by atoms with Crippen molar-refractivity contribution in [1.29, 1.82) is 0 Å². The van der Waals surface area contributed by atoms with Crippen LogP contribution in [0.15, 0.2) is 36.4 Å². The standard InChI is InChI=1S/C15H14Cl2N2O3S/c1-9-11(16)4-3-5-13(9)18-15(20)10-6-7-12(17)14(8-10)19-23(2,21)22/h3-8,19H,1-2H3,(H,18,20). The average molecular weight is 373 g/mol. The number of halogens is 2. The van der Waals surface area contributed by atoms with Gasteiger partial charge in [-0.05, 0) is 42.8 Å². The van der Waals surface area contributed by atoms with E-state index in [1.807, 2.05) is 0 Å². The molecular weight excluding hydrogens is 359 g/mol. The molecule has 0 aliphatic rings.